The molecule has 1 atom stereocenters. The average Bonchev–Trinajstić information content (AvgIpc) is 3.10. The van der Waals surface area contributed by atoms with Gasteiger partial charge in [0.05, 0.1) is 18.6 Å². The molecule has 5 nitrogen and oxygen atoms in total. The second kappa shape index (κ2) is 5.21. The lowest BCUT2D eigenvalue weighted by atomic mass is 10.1. The van der Waals surface area contributed by atoms with E-state index < -0.39 is 0 Å². The van der Waals surface area contributed by atoms with Crippen molar-refractivity contribution in [2.24, 2.45) is 7.05 Å². The number of nitrogens with one attached hydrogen (secondary N) is 1. The SMILES string of the molecule is CC(Nc1ccccc1-c1nncn1C)c1ccoc1. The molecule has 5 heteroatoms. The molecule has 1 N–H and O–H groups in total. The summed E-state index contributed by atoms with van der Waals surface area (Å²) in [7, 11) is 1.94. The van der Waals surface area contributed by atoms with Crippen molar-refractivity contribution in [1.29, 1.82) is 0 Å². The van der Waals surface area contributed by atoms with Crippen LogP contribution in [0.1, 0.15) is 18.5 Å². The number of anilines is 1. The Labute approximate surface area is 117 Å². The Balaban J connectivity index is 1.93. The summed E-state index contributed by atoms with van der Waals surface area (Å²) in [5.41, 5.74) is 3.16. The largest absolute Gasteiger partial charge is 0.472 e. The molecule has 2 aromatic heterocycles. The summed E-state index contributed by atoms with van der Waals surface area (Å²) < 4.78 is 7.03. The minimum atomic E-state index is 0.156. The Bertz CT molecular complexity index is 687. The van der Waals surface area contributed by atoms with Gasteiger partial charge < -0.3 is 14.3 Å². The van der Waals surface area contributed by atoms with Gasteiger partial charge in [0.15, 0.2) is 5.82 Å². The van der Waals surface area contributed by atoms with Crippen molar-refractivity contribution in [3.63, 3.8) is 0 Å². The minimum Gasteiger partial charge on any atom is -0.472 e. The Morgan fingerprint density at radius 3 is 2.80 bits per heavy atom. The van der Waals surface area contributed by atoms with Crippen LogP contribution in [0.15, 0.2) is 53.6 Å². The van der Waals surface area contributed by atoms with Crippen LogP contribution in [0.25, 0.3) is 11.4 Å². The van der Waals surface area contributed by atoms with Crippen LogP contribution in [0.4, 0.5) is 5.69 Å². The topological polar surface area (TPSA) is 55.9 Å². The van der Waals surface area contributed by atoms with Crippen LogP contribution in [0.3, 0.4) is 0 Å². The van der Waals surface area contributed by atoms with Crippen LogP contribution >= 0.6 is 0 Å². The summed E-state index contributed by atoms with van der Waals surface area (Å²) in [6, 6.07) is 10.2. The van der Waals surface area contributed by atoms with Crippen molar-refractivity contribution in [3.8, 4) is 11.4 Å². The van der Waals surface area contributed by atoms with Crippen LogP contribution in [-0.4, -0.2) is 14.8 Å². The van der Waals surface area contributed by atoms with E-state index in [2.05, 4.69) is 22.4 Å². The van der Waals surface area contributed by atoms with Crippen molar-refractivity contribution in [3.05, 3.63) is 54.7 Å². The molecule has 0 spiro atoms. The third kappa shape index (κ3) is 2.30. The molecule has 3 rings (SSSR count). The van der Waals surface area contributed by atoms with E-state index in [-0.39, 0.29) is 6.04 Å². The van der Waals surface area contributed by atoms with E-state index in [9.17, 15) is 0 Å². The monoisotopic (exact) mass is 268 g/mol. The van der Waals surface area contributed by atoms with Gasteiger partial charge >= 0.3 is 0 Å². The molecule has 0 amide bonds. The quantitative estimate of drug-likeness (QED) is 0.789. The highest BCUT2D eigenvalue weighted by Gasteiger charge is 2.13. The van der Waals surface area contributed by atoms with Crippen molar-refractivity contribution in [2.75, 3.05) is 5.32 Å². The first-order valence-corrected chi connectivity index (χ1v) is 6.47. The summed E-state index contributed by atoms with van der Waals surface area (Å²) in [6.45, 7) is 2.10. The van der Waals surface area contributed by atoms with Gasteiger partial charge in [0.25, 0.3) is 0 Å². The van der Waals surface area contributed by atoms with Gasteiger partial charge in [0, 0.05) is 23.9 Å². The van der Waals surface area contributed by atoms with E-state index in [4.69, 9.17) is 4.42 Å². The first kappa shape index (κ1) is 12.5. The molecule has 1 aromatic carbocycles. The highest BCUT2D eigenvalue weighted by molar-refractivity contribution is 5.73. The number of aryl methyl sites for hydroxylation is 1. The van der Waals surface area contributed by atoms with Gasteiger partial charge in [-0.25, -0.2) is 0 Å². The van der Waals surface area contributed by atoms with Gasteiger partial charge in [-0.05, 0) is 25.1 Å². The Morgan fingerprint density at radius 2 is 2.10 bits per heavy atom. The molecule has 0 saturated heterocycles. The molecule has 2 heterocycles. The Morgan fingerprint density at radius 1 is 1.25 bits per heavy atom. The van der Waals surface area contributed by atoms with Gasteiger partial charge in [0.2, 0.25) is 0 Å². The predicted octanol–water partition coefficient (Wildman–Crippen LogP) is 3.25. The third-order valence-electron chi connectivity index (χ3n) is 3.29. The number of rotatable bonds is 4. The molecule has 3 aromatic rings. The molecule has 0 aliphatic rings. The lowest BCUT2D eigenvalue weighted by Crippen LogP contribution is -2.07. The third-order valence-corrected chi connectivity index (χ3v) is 3.29. The molecular weight excluding hydrogens is 252 g/mol. The van der Waals surface area contributed by atoms with Crippen molar-refractivity contribution in [1.82, 2.24) is 14.8 Å². The molecule has 20 heavy (non-hydrogen) atoms. The zero-order chi connectivity index (χ0) is 13.9. The molecule has 0 fully saturated rings. The summed E-state index contributed by atoms with van der Waals surface area (Å²) in [4.78, 5) is 0. The number of para-hydroxylation sites is 1. The molecule has 0 radical (unpaired) electrons. The number of hydrogen-bond donors (Lipinski definition) is 1. The van der Waals surface area contributed by atoms with Gasteiger partial charge in [-0.15, -0.1) is 10.2 Å². The highest BCUT2D eigenvalue weighted by Crippen LogP contribution is 2.29. The van der Waals surface area contributed by atoms with E-state index >= 15 is 0 Å². The predicted molar refractivity (Wildman–Crippen MR) is 77.2 cm³/mol. The molecule has 0 aliphatic heterocycles. The lowest BCUT2D eigenvalue weighted by Gasteiger charge is -2.16. The van der Waals surface area contributed by atoms with E-state index in [0.717, 1.165) is 22.6 Å². The molecule has 0 aliphatic carbocycles. The van der Waals surface area contributed by atoms with Gasteiger partial charge in [0.1, 0.15) is 6.33 Å². The normalized spacial score (nSPS) is 12.3. The number of benzene rings is 1. The first-order chi connectivity index (χ1) is 9.75. The van der Waals surface area contributed by atoms with Crippen LogP contribution in [-0.2, 0) is 7.05 Å². The smallest absolute Gasteiger partial charge is 0.165 e. The standard InChI is InChI=1S/C15H16N4O/c1-11(12-7-8-20-9-12)17-14-6-4-3-5-13(14)15-18-16-10-19(15)2/h3-11,17H,1-2H3. The van der Waals surface area contributed by atoms with Crippen molar-refractivity contribution in [2.45, 2.75) is 13.0 Å². The summed E-state index contributed by atoms with van der Waals surface area (Å²) >= 11 is 0. The molecule has 102 valence electrons. The molecular formula is C15H16N4O. The van der Waals surface area contributed by atoms with Crippen LogP contribution in [0.5, 0.6) is 0 Å². The maximum atomic E-state index is 5.13. The lowest BCUT2D eigenvalue weighted by molar-refractivity contribution is 0.562. The minimum absolute atomic E-state index is 0.156. The van der Waals surface area contributed by atoms with Crippen molar-refractivity contribution >= 4 is 5.69 Å². The van der Waals surface area contributed by atoms with Crippen LogP contribution < -0.4 is 5.32 Å². The fourth-order valence-corrected chi connectivity index (χ4v) is 2.17. The van der Waals surface area contributed by atoms with E-state index in [1.807, 2.05) is 41.9 Å². The van der Waals surface area contributed by atoms with E-state index in [0.29, 0.717) is 0 Å². The van der Waals surface area contributed by atoms with Crippen LogP contribution in [0, 0.1) is 0 Å². The zero-order valence-electron chi connectivity index (χ0n) is 11.4. The zero-order valence-corrected chi connectivity index (χ0v) is 11.4. The summed E-state index contributed by atoms with van der Waals surface area (Å²) in [5.74, 6) is 0.840. The maximum absolute atomic E-state index is 5.13. The van der Waals surface area contributed by atoms with Gasteiger partial charge in [-0.3, -0.25) is 0 Å². The second-order valence-corrected chi connectivity index (χ2v) is 4.73. The fraction of sp³-hybridized carbons (Fsp3) is 0.200. The second-order valence-electron chi connectivity index (χ2n) is 4.73. The molecule has 0 saturated carbocycles. The number of nitrogens with zero attached hydrogens (tertiary/aromatic N) is 3. The van der Waals surface area contributed by atoms with E-state index in [1.54, 1.807) is 18.9 Å². The maximum Gasteiger partial charge on any atom is 0.165 e. The number of hydrogen-bond acceptors (Lipinski definition) is 4. The fourth-order valence-electron chi connectivity index (χ4n) is 2.17. The molecule has 0 bridgehead atoms. The average molecular weight is 268 g/mol. The Hall–Kier alpha value is -2.56. The Kier molecular flexibility index (Phi) is 3.25. The first-order valence-electron chi connectivity index (χ1n) is 6.47. The van der Waals surface area contributed by atoms with Crippen molar-refractivity contribution < 1.29 is 4.42 Å². The van der Waals surface area contributed by atoms with E-state index in [1.165, 1.54) is 0 Å². The van der Waals surface area contributed by atoms with Gasteiger partial charge in [-0.2, -0.15) is 0 Å². The van der Waals surface area contributed by atoms with Crippen LogP contribution in [0.2, 0.25) is 0 Å². The highest BCUT2D eigenvalue weighted by atomic mass is 16.3. The number of furan rings is 1. The number of aromatic nitrogens is 3. The summed E-state index contributed by atoms with van der Waals surface area (Å²) in [5, 5.41) is 11.6. The molecule has 1 unspecified atom stereocenters. The van der Waals surface area contributed by atoms with Gasteiger partial charge in [-0.1, -0.05) is 12.1 Å². The summed E-state index contributed by atoms with van der Waals surface area (Å²) in [6.07, 6.45) is 5.14.